The van der Waals surface area contributed by atoms with Gasteiger partial charge in [-0.05, 0) is 12.0 Å². The maximum atomic E-state index is 12.2. The van der Waals surface area contributed by atoms with E-state index in [1.54, 1.807) is 4.90 Å². The third-order valence-electron chi connectivity index (χ3n) is 2.70. The molecule has 0 fully saturated rings. The van der Waals surface area contributed by atoms with Gasteiger partial charge in [-0.1, -0.05) is 53.2 Å². The van der Waals surface area contributed by atoms with Gasteiger partial charge in [-0.3, -0.25) is 4.79 Å². The van der Waals surface area contributed by atoms with E-state index >= 15 is 0 Å². The van der Waals surface area contributed by atoms with Crippen molar-refractivity contribution in [2.45, 2.75) is 19.3 Å². The highest BCUT2D eigenvalue weighted by Crippen LogP contribution is 2.21. The molecule has 1 amide bonds. The molecule has 0 aliphatic rings. The summed E-state index contributed by atoms with van der Waals surface area (Å²) in [4.78, 5) is 14.0. The minimum atomic E-state index is -0.00903. The van der Waals surface area contributed by atoms with Gasteiger partial charge in [-0.15, -0.1) is 0 Å². The highest BCUT2D eigenvalue weighted by molar-refractivity contribution is 9.09. The molecule has 3 heteroatoms. The van der Waals surface area contributed by atoms with E-state index in [1.165, 1.54) is 0 Å². The van der Waals surface area contributed by atoms with Crippen LogP contribution in [0.2, 0.25) is 0 Å². The molecule has 1 aromatic carbocycles. The Bertz CT molecular complexity index is 326. The minimum Gasteiger partial charge on any atom is -0.344 e. The number of hydrogen-bond donors (Lipinski definition) is 0. The molecule has 2 nitrogen and oxygen atoms in total. The Labute approximate surface area is 106 Å². The van der Waals surface area contributed by atoms with Crippen molar-refractivity contribution in [3.8, 4) is 0 Å². The molecule has 1 rings (SSSR count). The van der Waals surface area contributed by atoms with Crippen molar-refractivity contribution in [3.63, 3.8) is 0 Å². The Balaban J connectivity index is 2.79. The number of benzene rings is 1. The van der Waals surface area contributed by atoms with Crippen molar-refractivity contribution in [1.29, 1.82) is 0 Å². The second kappa shape index (κ2) is 6.69. The van der Waals surface area contributed by atoms with E-state index in [0.29, 0.717) is 0 Å². The second-order valence-corrected chi connectivity index (χ2v) is 4.61. The smallest absolute Gasteiger partial charge is 0.229 e. The second-order valence-electron chi connectivity index (χ2n) is 3.82. The van der Waals surface area contributed by atoms with Gasteiger partial charge in [0.2, 0.25) is 5.91 Å². The zero-order chi connectivity index (χ0) is 12.0. The maximum Gasteiger partial charge on any atom is 0.229 e. The Morgan fingerprint density at radius 3 is 2.50 bits per heavy atom. The molecule has 0 spiro atoms. The predicted molar refractivity (Wildman–Crippen MR) is 70.9 cm³/mol. The lowest BCUT2D eigenvalue weighted by molar-refractivity contribution is -0.131. The number of carbonyl (C=O) groups excluding carboxylic acids is 1. The monoisotopic (exact) mass is 283 g/mol. The number of nitrogens with zero attached hydrogens (tertiary/aromatic N) is 1. The van der Waals surface area contributed by atoms with Crippen LogP contribution in [-0.4, -0.2) is 29.7 Å². The molecule has 0 aromatic heterocycles. The summed E-state index contributed by atoms with van der Waals surface area (Å²) in [5, 5.41) is 0.820. The lowest BCUT2D eigenvalue weighted by atomic mass is 9.95. The number of halogens is 1. The number of amides is 1. The molecule has 1 aromatic rings. The largest absolute Gasteiger partial charge is 0.344 e. The van der Waals surface area contributed by atoms with Crippen molar-refractivity contribution in [1.82, 2.24) is 4.90 Å². The summed E-state index contributed by atoms with van der Waals surface area (Å²) < 4.78 is 0. The summed E-state index contributed by atoms with van der Waals surface area (Å²) in [6, 6.07) is 9.98. The summed E-state index contributed by atoms with van der Waals surface area (Å²) in [5.74, 6) is 0.193. The van der Waals surface area contributed by atoms with E-state index in [1.807, 2.05) is 37.4 Å². The normalized spacial score (nSPS) is 12.2. The Hall–Kier alpha value is -0.830. The van der Waals surface area contributed by atoms with Gasteiger partial charge in [0, 0.05) is 18.9 Å². The summed E-state index contributed by atoms with van der Waals surface area (Å²) in [7, 11) is 1.86. The van der Waals surface area contributed by atoms with Crippen LogP contribution in [-0.2, 0) is 4.79 Å². The summed E-state index contributed by atoms with van der Waals surface area (Å²) in [6.07, 6.45) is 0.843. The molecule has 88 valence electrons. The fourth-order valence-electron chi connectivity index (χ4n) is 1.74. The molecule has 0 N–H and O–H groups in total. The first-order valence-electron chi connectivity index (χ1n) is 5.56. The van der Waals surface area contributed by atoms with Crippen LogP contribution in [0.5, 0.6) is 0 Å². The van der Waals surface area contributed by atoms with Crippen molar-refractivity contribution < 1.29 is 4.79 Å². The van der Waals surface area contributed by atoms with E-state index < -0.39 is 0 Å². The molecule has 0 saturated heterocycles. The van der Waals surface area contributed by atoms with Crippen LogP contribution in [0.3, 0.4) is 0 Å². The van der Waals surface area contributed by atoms with Crippen LogP contribution in [0.25, 0.3) is 0 Å². The topological polar surface area (TPSA) is 20.3 Å². The van der Waals surface area contributed by atoms with Crippen molar-refractivity contribution >= 4 is 21.8 Å². The molecule has 0 radical (unpaired) electrons. The molecule has 0 aliphatic heterocycles. The lowest BCUT2D eigenvalue weighted by Crippen LogP contribution is -2.32. The van der Waals surface area contributed by atoms with Gasteiger partial charge in [0.25, 0.3) is 0 Å². The van der Waals surface area contributed by atoms with Crippen LogP contribution in [0.4, 0.5) is 0 Å². The third-order valence-corrected chi connectivity index (χ3v) is 3.06. The fourth-order valence-corrected chi connectivity index (χ4v) is 2.27. The van der Waals surface area contributed by atoms with Crippen LogP contribution < -0.4 is 0 Å². The van der Waals surface area contributed by atoms with E-state index in [-0.39, 0.29) is 11.8 Å². The third kappa shape index (κ3) is 3.34. The van der Waals surface area contributed by atoms with Crippen LogP contribution in [0, 0.1) is 0 Å². The van der Waals surface area contributed by atoms with Crippen LogP contribution >= 0.6 is 15.9 Å². The number of hydrogen-bond acceptors (Lipinski definition) is 1. The van der Waals surface area contributed by atoms with Gasteiger partial charge in [0.1, 0.15) is 0 Å². The zero-order valence-corrected chi connectivity index (χ0v) is 11.4. The van der Waals surface area contributed by atoms with E-state index in [9.17, 15) is 4.79 Å². The first-order chi connectivity index (χ1) is 7.70. The molecular weight excluding hydrogens is 266 g/mol. The molecule has 0 heterocycles. The summed E-state index contributed by atoms with van der Waals surface area (Å²) in [6.45, 7) is 2.81. The average Bonchev–Trinajstić information content (AvgIpc) is 2.31. The maximum absolute atomic E-state index is 12.2. The van der Waals surface area contributed by atoms with E-state index in [0.717, 1.165) is 23.9 Å². The van der Waals surface area contributed by atoms with Gasteiger partial charge in [-0.25, -0.2) is 0 Å². The minimum absolute atomic E-state index is 0.00903. The summed E-state index contributed by atoms with van der Waals surface area (Å²) in [5.41, 5.74) is 1.11. The standard InChI is InChI=1S/C13H18BrNO/c1-3-12(11-7-5-4-6-8-11)13(16)15(2)10-9-14/h4-8,12H,3,9-10H2,1-2H3. The molecular formula is C13H18BrNO. The number of carbonyl (C=O) groups is 1. The number of rotatable bonds is 5. The van der Waals surface area contributed by atoms with Crippen molar-refractivity contribution in [2.75, 3.05) is 18.9 Å². The first kappa shape index (κ1) is 13.2. The van der Waals surface area contributed by atoms with E-state index in [4.69, 9.17) is 0 Å². The molecule has 1 unspecified atom stereocenters. The highest BCUT2D eigenvalue weighted by atomic mass is 79.9. The quantitative estimate of drug-likeness (QED) is 0.761. The van der Waals surface area contributed by atoms with Crippen molar-refractivity contribution in [2.24, 2.45) is 0 Å². The molecule has 0 bridgehead atoms. The van der Waals surface area contributed by atoms with Crippen molar-refractivity contribution in [3.05, 3.63) is 35.9 Å². The Kier molecular flexibility index (Phi) is 5.53. The average molecular weight is 284 g/mol. The molecule has 1 atom stereocenters. The Morgan fingerprint density at radius 1 is 1.38 bits per heavy atom. The predicted octanol–water partition coefficient (Wildman–Crippen LogP) is 3.03. The van der Waals surface area contributed by atoms with Gasteiger partial charge in [0.05, 0.1) is 5.92 Å². The van der Waals surface area contributed by atoms with E-state index in [2.05, 4.69) is 22.9 Å². The number of alkyl halides is 1. The lowest BCUT2D eigenvalue weighted by Gasteiger charge is -2.22. The zero-order valence-electron chi connectivity index (χ0n) is 9.82. The van der Waals surface area contributed by atoms with Gasteiger partial charge < -0.3 is 4.90 Å². The van der Waals surface area contributed by atoms with Gasteiger partial charge >= 0.3 is 0 Å². The summed E-state index contributed by atoms with van der Waals surface area (Å²) >= 11 is 3.35. The highest BCUT2D eigenvalue weighted by Gasteiger charge is 2.21. The molecule has 16 heavy (non-hydrogen) atoms. The Morgan fingerprint density at radius 2 is 2.00 bits per heavy atom. The van der Waals surface area contributed by atoms with Gasteiger partial charge in [-0.2, -0.15) is 0 Å². The SMILES string of the molecule is CCC(C(=O)N(C)CCBr)c1ccccc1. The van der Waals surface area contributed by atoms with Gasteiger partial charge in [0.15, 0.2) is 0 Å². The number of likely N-dealkylation sites (N-methyl/N-ethyl adjacent to an activating group) is 1. The first-order valence-corrected chi connectivity index (χ1v) is 6.68. The van der Waals surface area contributed by atoms with Crippen LogP contribution in [0.1, 0.15) is 24.8 Å². The van der Waals surface area contributed by atoms with Crippen LogP contribution in [0.15, 0.2) is 30.3 Å². The molecule has 0 saturated carbocycles. The fraction of sp³-hybridized carbons (Fsp3) is 0.462. The molecule has 0 aliphatic carbocycles.